The van der Waals surface area contributed by atoms with Crippen LogP contribution < -0.4 is 5.32 Å². The molecule has 1 aromatic rings. The molecule has 0 atom stereocenters. The molecule has 0 saturated carbocycles. The van der Waals surface area contributed by atoms with Gasteiger partial charge in [-0.15, -0.1) is 0 Å². The van der Waals surface area contributed by atoms with Gasteiger partial charge in [-0.1, -0.05) is 12.8 Å². The quantitative estimate of drug-likeness (QED) is 0.866. The fourth-order valence-electron chi connectivity index (χ4n) is 2.19. The van der Waals surface area contributed by atoms with Crippen LogP contribution >= 0.6 is 0 Å². The predicted molar refractivity (Wildman–Crippen MR) is 69.3 cm³/mol. The van der Waals surface area contributed by atoms with Gasteiger partial charge in [-0.25, -0.2) is 4.98 Å². The van der Waals surface area contributed by atoms with E-state index < -0.39 is 0 Å². The SMILES string of the molecule is O=C(NCCN1CCCCCC1)c1cnccn1. The second kappa shape index (κ2) is 7.06. The third-order valence-corrected chi connectivity index (χ3v) is 3.21. The van der Waals surface area contributed by atoms with E-state index in [0.29, 0.717) is 12.2 Å². The van der Waals surface area contributed by atoms with Crippen molar-refractivity contribution >= 4 is 5.91 Å². The first-order chi connectivity index (χ1) is 8.86. The predicted octanol–water partition coefficient (Wildman–Crippen LogP) is 1.08. The molecule has 2 rings (SSSR count). The lowest BCUT2D eigenvalue weighted by Crippen LogP contribution is -2.35. The van der Waals surface area contributed by atoms with Gasteiger partial charge in [-0.2, -0.15) is 0 Å². The van der Waals surface area contributed by atoms with Crippen molar-refractivity contribution in [3.05, 3.63) is 24.3 Å². The Hall–Kier alpha value is -1.49. The number of amides is 1. The van der Waals surface area contributed by atoms with E-state index in [1.807, 2.05) is 0 Å². The first kappa shape index (κ1) is 13.0. The average Bonchev–Trinajstić information content (AvgIpc) is 2.68. The Balaban J connectivity index is 1.70. The fourth-order valence-corrected chi connectivity index (χ4v) is 2.19. The van der Waals surface area contributed by atoms with Gasteiger partial charge in [0, 0.05) is 25.5 Å². The minimum Gasteiger partial charge on any atom is -0.349 e. The highest BCUT2D eigenvalue weighted by Gasteiger charge is 2.10. The minimum absolute atomic E-state index is 0.141. The Kier molecular flexibility index (Phi) is 5.08. The maximum absolute atomic E-state index is 11.7. The van der Waals surface area contributed by atoms with Crippen LogP contribution in [0.2, 0.25) is 0 Å². The molecule has 2 heterocycles. The Labute approximate surface area is 108 Å². The smallest absolute Gasteiger partial charge is 0.271 e. The van der Waals surface area contributed by atoms with Crippen LogP contribution in [0.25, 0.3) is 0 Å². The first-order valence-electron chi connectivity index (χ1n) is 6.63. The van der Waals surface area contributed by atoms with Crippen molar-refractivity contribution in [1.82, 2.24) is 20.2 Å². The molecule has 5 nitrogen and oxygen atoms in total. The summed E-state index contributed by atoms with van der Waals surface area (Å²) < 4.78 is 0. The number of rotatable bonds is 4. The summed E-state index contributed by atoms with van der Waals surface area (Å²) in [5.41, 5.74) is 0.383. The summed E-state index contributed by atoms with van der Waals surface area (Å²) in [6, 6.07) is 0. The van der Waals surface area contributed by atoms with Crippen molar-refractivity contribution in [2.75, 3.05) is 26.2 Å². The summed E-state index contributed by atoms with van der Waals surface area (Å²) in [6.45, 7) is 3.91. The molecule has 98 valence electrons. The number of hydrogen-bond acceptors (Lipinski definition) is 4. The summed E-state index contributed by atoms with van der Waals surface area (Å²) in [4.78, 5) is 22.0. The third kappa shape index (κ3) is 4.07. The molecule has 1 N–H and O–H groups in total. The van der Waals surface area contributed by atoms with Crippen molar-refractivity contribution in [3.63, 3.8) is 0 Å². The lowest BCUT2D eigenvalue weighted by atomic mass is 10.2. The van der Waals surface area contributed by atoms with Crippen LogP contribution in [0.3, 0.4) is 0 Å². The number of hydrogen-bond donors (Lipinski definition) is 1. The molecule has 18 heavy (non-hydrogen) atoms. The van der Waals surface area contributed by atoms with Crippen molar-refractivity contribution in [2.45, 2.75) is 25.7 Å². The molecule has 1 fully saturated rings. The number of nitrogens with one attached hydrogen (secondary N) is 1. The molecule has 0 unspecified atom stereocenters. The number of likely N-dealkylation sites (tertiary alicyclic amines) is 1. The van der Waals surface area contributed by atoms with Crippen LogP contribution in [-0.2, 0) is 0 Å². The molecular weight excluding hydrogens is 228 g/mol. The van der Waals surface area contributed by atoms with Gasteiger partial charge in [0.25, 0.3) is 5.91 Å². The lowest BCUT2D eigenvalue weighted by Gasteiger charge is -2.19. The van der Waals surface area contributed by atoms with Gasteiger partial charge in [0.05, 0.1) is 6.20 Å². The topological polar surface area (TPSA) is 58.1 Å². The monoisotopic (exact) mass is 248 g/mol. The van der Waals surface area contributed by atoms with Gasteiger partial charge in [0.15, 0.2) is 0 Å². The number of aromatic nitrogens is 2. The Morgan fingerprint density at radius 1 is 1.22 bits per heavy atom. The number of carbonyl (C=O) groups is 1. The van der Waals surface area contributed by atoms with Gasteiger partial charge >= 0.3 is 0 Å². The maximum Gasteiger partial charge on any atom is 0.271 e. The zero-order valence-electron chi connectivity index (χ0n) is 10.6. The zero-order valence-corrected chi connectivity index (χ0v) is 10.6. The maximum atomic E-state index is 11.7. The van der Waals surface area contributed by atoms with Crippen molar-refractivity contribution in [1.29, 1.82) is 0 Å². The fraction of sp³-hybridized carbons (Fsp3) is 0.615. The van der Waals surface area contributed by atoms with Crippen LogP contribution in [0, 0.1) is 0 Å². The summed E-state index contributed by atoms with van der Waals surface area (Å²) in [5.74, 6) is -0.141. The van der Waals surface area contributed by atoms with Crippen LogP contribution in [0.1, 0.15) is 36.2 Å². The second-order valence-corrected chi connectivity index (χ2v) is 4.60. The van der Waals surface area contributed by atoms with E-state index >= 15 is 0 Å². The van der Waals surface area contributed by atoms with E-state index in [1.54, 1.807) is 6.20 Å². The second-order valence-electron chi connectivity index (χ2n) is 4.60. The lowest BCUT2D eigenvalue weighted by molar-refractivity contribution is 0.0943. The molecule has 0 radical (unpaired) electrons. The molecule has 0 aromatic carbocycles. The standard InChI is InChI=1S/C13H20N4O/c18-13(12-11-14-5-6-15-12)16-7-10-17-8-3-1-2-4-9-17/h5-6,11H,1-4,7-10H2,(H,16,18). The molecule has 1 aliphatic heterocycles. The van der Waals surface area contributed by atoms with E-state index in [1.165, 1.54) is 38.1 Å². The Morgan fingerprint density at radius 3 is 2.67 bits per heavy atom. The molecule has 0 bridgehead atoms. The summed E-state index contributed by atoms with van der Waals surface area (Å²) in [6.07, 6.45) is 9.81. The van der Waals surface area contributed by atoms with Crippen LogP contribution in [0.4, 0.5) is 0 Å². The minimum atomic E-state index is -0.141. The van der Waals surface area contributed by atoms with Gasteiger partial charge in [0.2, 0.25) is 0 Å². The molecule has 0 spiro atoms. The molecule has 1 amide bonds. The van der Waals surface area contributed by atoms with E-state index in [2.05, 4.69) is 20.2 Å². The van der Waals surface area contributed by atoms with Crippen molar-refractivity contribution in [3.8, 4) is 0 Å². The Morgan fingerprint density at radius 2 is 2.00 bits per heavy atom. The van der Waals surface area contributed by atoms with Gasteiger partial charge in [0.1, 0.15) is 5.69 Å². The van der Waals surface area contributed by atoms with Gasteiger partial charge < -0.3 is 10.2 Å². The molecule has 1 aliphatic rings. The van der Waals surface area contributed by atoms with E-state index in [4.69, 9.17) is 0 Å². The Bertz CT molecular complexity index is 361. The normalized spacial score (nSPS) is 17.1. The van der Waals surface area contributed by atoms with Crippen molar-refractivity contribution < 1.29 is 4.79 Å². The summed E-state index contributed by atoms with van der Waals surface area (Å²) in [5, 5.41) is 2.88. The summed E-state index contributed by atoms with van der Waals surface area (Å²) >= 11 is 0. The van der Waals surface area contributed by atoms with Crippen LogP contribution in [0.15, 0.2) is 18.6 Å². The number of carbonyl (C=O) groups excluding carboxylic acids is 1. The van der Waals surface area contributed by atoms with Gasteiger partial charge in [-0.3, -0.25) is 9.78 Å². The zero-order chi connectivity index (χ0) is 12.6. The molecule has 1 aromatic heterocycles. The molecule has 0 aliphatic carbocycles. The molecular formula is C13H20N4O. The average molecular weight is 248 g/mol. The largest absolute Gasteiger partial charge is 0.349 e. The molecule has 5 heteroatoms. The van der Waals surface area contributed by atoms with E-state index in [0.717, 1.165) is 19.6 Å². The highest BCUT2D eigenvalue weighted by molar-refractivity contribution is 5.91. The molecule has 1 saturated heterocycles. The first-order valence-corrected chi connectivity index (χ1v) is 6.63. The van der Waals surface area contributed by atoms with Crippen molar-refractivity contribution in [2.24, 2.45) is 0 Å². The number of nitrogens with zero attached hydrogens (tertiary/aromatic N) is 3. The van der Waals surface area contributed by atoms with E-state index in [-0.39, 0.29) is 5.91 Å². The highest BCUT2D eigenvalue weighted by atomic mass is 16.1. The third-order valence-electron chi connectivity index (χ3n) is 3.21. The van der Waals surface area contributed by atoms with Crippen LogP contribution in [0.5, 0.6) is 0 Å². The summed E-state index contributed by atoms with van der Waals surface area (Å²) in [7, 11) is 0. The van der Waals surface area contributed by atoms with E-state index in [9.17, 15) is 4.79 Å². The highest BCUT2D eigenvalue weighted by Crippen LogP contribution is 2.08. The van der Waals surface area contributed by atoms with Crippen LogP contribution in [-0.4, -0.2) is 47.0 Å². The van der Waals surface area contributed by atoms with Gasteiger partial charge in [-0.05, 0) is 25.9 Å².